The summed E-state index contributed by atoms with van der Waals surface area (Å²) in [6.45, 7) is 1.91. The van der Waals surface area contributed by atoms with Gasteiger partial charge < -0.3 is 4.74 Å². The number of rotatable bonds is 10. The van der Waals surface area contributed by atoms with Gasteiger partial charge in [0, 0.05) is 17.8 Å². The van der Waals surface area contributed by atoms with Gasteiger partial charge in [0.25, 0.3) is 5.69 Å². The van der Waals surface area contributed by atoms with Gasteiger partial charge in [0.05, 0.1) is 27.4 Å². The normalized spacial score (nSPS) is 11.0. The Morgan fingerprint density at radius 3 is 2.34 bits per heavy atom. The number of hydrogen-bond donors (Lipinski definition) is 1. The highest BCUT2D eigenvalue weighted by atomic mass is 16.6. The van der Waals surface area contributed by atoms with Crippen LogP contribution in [0.3, 0.4) is 0 Å². The molecule has 0 aliphatic carbocycles. The van der Waals surface area contributed by atoms with E-state index in [0.717, 1.165) is 12.1 Å². The highest BCUT2D eigenvalue weighted by Gasteiger charge is 2.19. The first-order chi connectivity index (χ1) is 13.8. The van der Waals surface area contributed by atoms with Crippen molar-refractivity contribution in [3.63, 3.8) is 0 Å². The van der Waals surface area contributed by atoms with E-state index in [1.54, 1.807) is 19.1 Å². The summed E-state index contributed by atoms with van der Waals surface area (Å²) in [7, 11) is 0. The first-order valence-electron chi connectivity index (χ1n) is 8.38. The van der Waals surface area contributed by atoms with Gasteiger partial charge in [-0.05, 0) is 31.9 Å². The second-order valence-corrected chi connectivity index (χ2v) is 5.85. The van der Waals surface area contributed by atoms with Crippen LogP contribution < -0.4 is 10.2 Å². The van der Waals surface area contributed by atoms with Crippen LogP contribution in [-0.4, -0.2) is 27.1 Å². The number of nitrogens with zero attached hydrogens (tertiary/aromatic N) is 4. The Kier molecular flexibility index (Phi) is 7.12. The highest BCUT2D eigenvalue weighted by molar-refractivity contribution is 5.83. The van der Waals surface area contributed by atoms with Crippen molar-refractivity contribution >= 4 is 28.5 Å². The van der Waals surface area contributed by atoms with E-state index in [2.05, 4.69) is 10.5 Å². The Bertz CT molecular complexity index is 961. The van der Waals surface area contributed by atoms with Crippen molar-refractivity contribution in [1.29, 1.82) is 0 Å². The second-order valence-electron chi connectivity index (χ2n) is 5.85. The predicted octanol–water partition coefficient (Wildman–Crippen LogP) is 4.06. The first-order valence-corrected chi connectivity index (χ1v) is 8.38. The molecule has 29 heavy (non-hydrogen) atoms. The van der Waals surface area contributed by atoms with Crippen molar-refractivity contribution in [3.05, 3.63) is 72.8 Å². The summed E-state index contributed by atoms with van der Waals surface area (Å²) in [5.41, 5.74) is 2.19. The second kappa shape index (κ2) is 9.73. The van der Waals surface area contributed by atoms with Crippen LogP contribution in [0.15, 0.2) is 47.6 Å². The number of ether oxygens (including phenoxy) is 1. The molecule has 0 aliphatic heterocycles. The molecule has 0 unspecified atom stereocenters. The van der Waals surface area contributed by atoms with E-state index in [1.807, 2.05) is 0 Å². The molecule has 1 N–H and O–H groups in total. The lowest BCUT2D eigenvalue weighted by Gasteiger charge is -2.07. The summed E-state index contributed by atoms with van der Waals surface area (Å²) in [5, 5.41) is 36.8. The number of hydrazone groups is 1. The van der Waals surface area contributed by atoms with Crippen LogP contribution in [0.1, 0.15) is 19.8 Å². The SMILES string of the molecule is CC(CCCOc1ccccc1[N+](=O)[O-])=NNc1ccc([N+](=O)[O-])cc1[N+](=O)[O-]. The van der Waals surface area contributed by atoms with Crippen LogP contribution in [0.4, 0.5) is 22.7 Å². The fourth-order valence-corrected chi connectivity index (χ4v) is 2.33. The predicted molar refractivity (Wildman–Crippen MR) is 104 cm³/mol. The quantitative estimate of drug-likeness (QED) is 0.268. The molecule has 0 bridgehead atoms. The smallest absolute Gasteiger partial charge is 0.310 e. The monoisotopic (exact) mass is 403 g/mol. The number of nitro groups is 3. The molecule has 2 rings (SSSR count). The van der Waals surface area contributed by atoms with Gasteiger partial charge in [-0.3, -0.25) is 35.8 Å². The number of benzene rings is 2. The van der Waals surface area contributed by atoms with Gasteiger partial charge in [0.2, 0.25) is 0 Å². The van der Waals surface area contributed by atoms with Gasteiger partial charge in [-0.15, -0.1) is 0 Å². The molecule has 12 nitrogen and oxygen atoms in total. The molecule has 12 heteroatoms. The van der Waals surface area contributed by atoms with Crippen molar-refractivity contribution in [2.45, 2.75) is 19.8 Å². The Morgan fingerprint density at radius 1 is 1.00 bits per heavy atom. The Balaban J connectivity index is 1.92. The highest BCUT2D eigenvalue weighted by Crippen LogP contribution is 2.29. The zero-order valence-electron chi connectivity index (χ0n) is 15.3. The molecule has 152 valence electrons. The minimum atomic E-state index is -0.735. The zero-order chi connectivity index (χ0) is 21.4. The Hall–Kier alpha value is -4.09. The maximum absolute atomic E-state index is 11.1. The van der Waals surface area contributed by atoms with Gasteiger partial charge in [0.15, 0.2) is 5.75 Å². The lowest BCUT2D eigenvalue weighted by atomic mass is 10.2. The Morgan fingerprint density at radius 2 is 1.69 bits per heavy atom. The van der Waals surface area contributed by atoms with Crippen molar-refractivity contribution in [2.75, 3.05) is 12.0 Å². The van der Waals surface area contributed by atoms with Crippen LogP contribution in [0.2, 0.25) is 0 Å². The van der Waals surface area contributed by atoms with E-state index in [0.29, 0.717) is 18.6 Å². The standard InChI is InChI=1S/C17H17N5O7/c1-12(5-4-10-29-17-7-3-2-6-15(17)21(25)26)18-19-14-9-8-13(20(23)24)11-16(14)22(27)28/h2-3,6-9,11,19H,4-5,10H2,1H3. The van der Waals surface area contributed by atoms with Crippen LogP contribution >= 0.6 is 0 Å². The number of para-hydroxylation sites is 2. The van der Waals surface area contributed by atoms with Crippen LogP contribution in [0.5, 0.6) is 5.75 Å². The van der Waals surface area contributed by atoms with Crippen molar-refractivity contribution in [1.82, 2.24) is 0 Å². The van der Waals surface area contributed by atoms with E-state index in [-0.39, 0.29) is 23.7 Å². The molecular weight excluding hydrogens is 386 g/mol. The summed E-state index contributed by atoms with van der Waals surface area (Å²) in [5.74, 6) is 0.173. The van der Waals surface area contributed by atoms with Crippen molar-refractivity contribution < 1.29 is 19.5 Å². The third-order valence-corrected chi connectivity index (χ3v) is 3.76. The molecule has 2 aromatic carbocycles. The molecule has 0 radical (unpaired) electrons. The van der Waals surface area contributed by atoms with Gasteiger partial charge in [0.1, 0.15) is 5.69 Å². The summed E-state index contributed by atoms with van der Waals surface area (Å²) in [6, 6.07) is 9.25. The molecule has 0 amide bonds. The molecule has 0 atom stereocenters. The van der Waals surface area contributed by atoms with E-state index >= 15 is 0 Å². The zero-order valence-corrected chi connectivity index (χ0v) is 15.3. The van der Waals surface area contributed by atoms with Gasteiger partial charge in [-0.25, -0.2) is 0 Å². The maximum Gasteiger partial charge on any atom is 0.310 e. The summed E-state index contributed by atoms with van der Waals surface area (Å²) in [6.07, 6.45) is 0.972. The molecule has 0 aliphatic rings. The number of non-ortho nitro benzene ring substituents is 1. The van der Waals surface area contributed by atoms with Crippen LogP contribution in [0, 0.1) is 30.3 Å². The molecule has 2 aromatic rings. The largest absolute Gasteiger partial charge is 0.487 e. The van der Waals surface area contributed by atoms with Crippen LogP contribution in [0.25, 0.3) is 0 Å². The van der Waals surface area contributed by atoms with E-state index in [9.17, 15) is 30.3 Å². The average Bonchev–Trinajstić information content (AvgIpc) is 2.69. The van der Waals surface area contributed by atoms with Gasteiger partial charge in [-0.1, -0.05) is 12.1 Å². The summed E-state index contributed by atoms with van der Waals surface area (Å²) >= 11 is 0. The Labute approximate surface area is 164 Å². The molecule has 0 aromatic heterocycles. The third kappa shape index (κ3) is 5.95. The summed E-state index contributed by atoms with van der Waals surface area (Å²) < 4.78 is 5.43. The fraction of sp³-hybridized carbons (Fsp3) is 0.235. The lowest BCUT2D eigenvalue weighted by Crippen LogP contribution is -2.05. The van der Waals surface area contributed by atoms with E-state index in [1.165, 1.54) is 18.2 Å². The fourth-order valence-electron chi connectivity index (χ4n) is 2.33. The van der Waals surface area contributed by atoms with E-state index in [4.69, 9.17) is 4.74 Å². The maximum atomic E-state index is 11.1. The lowest BCUT2D eigenvalue weighted by molar-refractivity contribution is -0.393. The molecule has 0 heterocycles. The first kappa shape index (κ1) is 21.2. The summed E-state index contributed by atoms with van der Waals surface area (Å²) in [4.78, 5) is 30.8. The molecular formula is C17H17N5O7. The molecule has 0 fully saturated rings. The van der Waals surface area contributed by atoms with Crippen LogP contribution in [-0.2, 0) is 0 Å². The number of anilines is 1. The van der Waals surface area contributed by atoms with E-state index < -0.39 is 26.1 Å². The number of nitrogens with one attached hydrogen (secondary N) is 1. The van der Waals surface area contributed by atoms with Gasteiger partial charge >= 0.3 is 11.4 Å². The average molecular weight is 403 g/mol. The van der Waals surface area contributed by atoms with Crippen molar-refractivity contribution in [3.8, 4) is 5.75 Å². The third-order valence-electron chi connectivity index (χ3n) is 3.76. The molecule has 0 saturated heterocycles. The van der Waals surface area contributed by atoms with Crippen molar-refractivity contribution in [2.24, 2.45) is 5.10 Å². The minimum Gasteiger partial charge on any atom is -0.487 e. The molecule has 0 saturated carbocycles. The topological polar surface area (TPSA) is 163 Å². The number of hydrogen-bond acceptors (Lipinski definition) is 9. The number of nitro benzene ring substituents is 3. The molecule has 0 spiro atoms. The minimum absolute atomic E-state index is 0.0242. The van der Waals surface area contributed by atoms with Gasteiger partial charge in [-0.2, -0.15) is 5.10 Å².